The normalized spacial score (nSPS) is 25.5. The van der Waals surface area contributed by atoms with E-state index in [1.807, 2.05) is 11.9 Å². The van der Waals surface area contributed by atoms with Crippen LogP contribution in [0.25, 0.3) is 0 Å². The number of halogens is 1. The fraction of sp³-hybridized carbons (Fsp3) is 0.900. The van der Waals surface area contributed by atoms with Gasteiger partial charge in [0.25, 0.3) is 5.91 Å². The molecule has 0 bridgehead atoms. The number of aliphatic imine (C=N–C) groups is 1. The monoisotopic (exact) mass is 492 g/mol. The summed E-state index contributed by atoms with van der Waals surface area (Å²) in [7, 11) is 1.87. The summed E-state index contributed by atoms with van der Waals surface area (Å²) in [6, 6.07) is 0. The lowest BCUT2D eigenvalue weighted by molar-refractivity contribution is -0.142. The van der Waals surface area contributed by atoms with Gasteiger partial charge in [-0.15, -0.1) is 24.0 Å². The molecule has 0 spiro atoms. The molecule has 1 amide bonds. The van der Waals surface area contributed by atoms with Crippen LogP contribution in [0.2, 0.25) is 0 Å². The molecule has 2 heterocycles. The van der Waals surface area contributed by atoms with Crippen LogP contribution in [-0.2, 0) is 9.53 Å². The highest BCUT2D eigenvalue weighted by Gasteiger charge is 2.31. The van der Waals surface area contributed by atoms with Gasteiger partial charge in [0, 0.05) is 46.4 Å². The predicted octanol–water partition coefficient (Wildman–Crippen LogP) is 2.86. The maximum atomic E-state index is 12.5. The van der Waals surface area contributed by atoms with E-state index in [1.54, 1.807) is 0 Å². The number of nitrogens with one attached hydrogen (secondary N) is 1. The van der Waals surface area contributed by atoms with Crippen molar-refractivity contribution in [2.75, 3.05) is 46.4 Å². The van der Waals surface area contributed by atoms with Crippen LogP contribution >= 0.6 is 24.0 Å². The van der Waals surface area contributed by atoms with Gasteiger partial charge in [-0.05, 0) is 31.6 Å². The summed E-state index contributed by atoms with van der Waals surface area (Å²) in [6.45, 7) is 4.99. The van der Waals surface area contributed by atoms with Gasteiger partial charge in [0.1, 0.15) is 6.10 Å². The van der Waals surface area contributed by atoms with Crippen molar-refractivity contribution in [2.24, 2.45) is 10.9 Å². The molecule has 7 heteroatoms. The van der Waals surface area contributed by atoms with Crippen molar-refractivity contribution in [3.63, 3.8) is 0 Å². The molecule has 1 aliphatic carbocycles. The van der Waals surface area contributed by atoms with Gasteiger partial charge in [-0.3, -0.25) is 9.79 Å². The molecule has 1 unspecified atom stereocenters. The van der Waals surface area contributed by atoms with E-state index in [2.05, 4.69) is 15.2 Å². The van der Waals surface area contributed by atoms with Gasteiger partial charge in [0.2, 0.25) is 0 Å². The van der Waals surface area contributed by atoms with Crippen LogP contribution in [0.4, 0.5) is 0 Å². The largest absolute Gasteiger partial charge is 0.368 e. The number of hydrogen-bond acceptors (Lipinski definition) is 3. The molecule has 0 aromatic carbocycles. The first-order chi connectivity index (χ1) is 12.8. The van der Waals surface area contributed by atoms with Crippen molar-refractivity contribution in [3.05, 3.63) is 0 Å². The number of piperazine rings is 1. The summed E-state index contributed by atoms with van der Waals surface area (Å²) < 4.78 is 5.55. The molecule has 2 saturated heterocycles. The lowest BCUT2D eigenvalue weighted by atomic mass is 9.91. The van der Waals surface area contributed by atoms with Crippen LogP contribution in [0.3, 0.4) is 0 Å². The van der Waals surface area contributed by atoms with Crippen molar-refractivity contribution >= 4 is 35.8 Å². The third-order valence-corrected chi connectivity index (χ3v) is 6.08. The van der Waals surface area contributed by atoms with E-state index < -0.39 is 0 Å². The van der Waals surface area contributed by atoms with Crippen LogP contribution in [0, 0.1) is 5.92 Å². The first-order valence-corrected chi connectivity index (χ1v) is 10.6. The van der Waals surface area contributed by atoms with Crippen LogP contribution in [-0.4, -0.2) is 74.1 Å². The highest BCUT2D eigenvalue weighted by molar-refractivity contribution is 14.0. The minimum absolute atomic E-state index is 0. The summed E-state index contributed by atoms with van der Waals surface area (Å²) in [5.74, 6) is 1.95. The number of amides is 1. The standard InChI is InChI=1S/C20H36N4O2.HI/c1-21-20(22-16-17-8-5-3-2-4-6-9-17)24-13-11-23(12-14-24)19(25)18-10-7-15-26-18;/h17-18H,2-16H2,1H3,(H,21,22);1H. The van der Waals surface area contributed by atoms with E-state index in [-0.39, 0.29) is 36.0 Å². The van der Waals surface area contributed by atoms with Crippen molar-refractivity contribution in [3.8, 4) is 0 Å². The van der Waals surface area contributed by atoms with Gasteiger partial charge in [-0.25, -0.2) is 0 Å². The van der Waals surface area contributed by atoms with Crippen LogP contribution in [0.15, 0.2) is 4.99 Å². The maximum Gasteiger partial charge on any atom is 0.251 e. The minimum Gasteiger partial charge on any atom is -0.368 e. The number of guanidine groups is 1. The van der Waals surface area contributed by atoms with E-state index in [0.717, 1.165) is 64.0 Å². The number of ether oxygens (including phenoxy) is 1. The second-order valence-electron chi connectivity index (χ2n) is 7.95. The third kappa shape index (κ3) is 6.76. The van der Waals surface area contributed by atoms with Crippen LogP contribution < -0.4 is 5.32 Å². The average Bonchev–Trinajstić information content (AvgIpc) is 3.18. The zero-order valence-electron chi connectivity index (χ0n) is 16.8. The van der Waals surface area contributed by atoms with Gasteiger partial charge < -0.3 is 19.9 Å². The second kappa shape index (κ2) is 12.1. The van der Waals surface area contributed by atoms with E-state index in [0.29, 0.717) is 0 Å². The van der Waals surface area contributed by atoms with Crippen molar-refractivity contribution in [1.29, 1.82) is 0 Å². The molecular weight excluding hydrogens is 455 g/mol. The molecule has 156 valence electrons. The van der Waals surface area contributed by atoms with Crippen molar-refractivity contribution in [1.82, 2.24) is 15.1 Å². The predicted molar refractivity (Wildman–Crippen MR) is 120 cm³/mol. The highest BCUT2D eigenvalue weighted by Crippen LogP contribution is 2.21. The Morgan fingerprint density at radius 1 is 0.963 bits per heavy atom. The number of hydrogen-bond donors (Lipinski definition) is 1. The summed E-state index contributed by atoms with van der Waals surface area (Å²) in [5, 5.41) is 3.60. The molecule has 3 fully saturated rings. The fourth-order valence-corrected chi connectivity index (χ4v) is 4.43. The molecule has 2 aliphatic heterocycles. The molecule has 0 radical (unpaired) electrons. The van der Waals surface area contributed by atoms with Crippen LogP contribution in [0.5, 0.6) is 0 Å². The Balaban J connectivity index is 0.00000261. The lowest BCUT2D eigenvalue weighted by Gasteiger charge is -2.37. The Morgan fingerprint density at radius 2 is 1.59 bits per heavy atom. The molecule has 1 N–H and O–H groups in total. The number of carbonyl (C=O) groups excluding carboxylic acids is 1. The molecule has 0 aromatic heterocycles. The Kier molecular flexibility index (Phi) is 10.2. The molecule has 27 heavy (non-hydrogen) atoms. The minimum atomic E-state index is -0.196. The van der Waals surface area contributed by atoms with E-state index in [9.17, 15) is 4.79 Å². The number of rotatable bonds is 3. The molecule has 3 rings (SSSR count). The molecule has 1 atom stereocenters. The SMILES string of the molecule is CN=C(NCC1CCCCCCC1)N1CCN(C(=O)C2CCCO2)CC1.I. The summed E-state index contributed by atoms with van der Waals surface area (Å²) in [4.78, 5) is 21.2. The van der Waals surface area contributed by atoms with Gasteiger partial charge in [-0.2, -0.15) is 0 Å². The first-order valence-electron chi connectivity index (χ1n) is 10.6. The Hall–Kier alpha value is -0.570. The Labute approximate surface area is 181 Å². The third-order valence-electron chi connectivity index (χ3n) is 6.08. The topological polar surface area (TPSA) is 57.2 Å². The Bertz CT molecular complexity index is 467. The maximum absolute atomic E-state index is 12.5. The average molecular weight is 492 g/mol. The fourth-order valence-electron chi connectivity index (χ4n) is 4.43. The first kappa shape index (κ1) is 22.7. The van der Waals surface area contributed by atoms with Crippen LogP contribution in [0.1, 0.15) is 57.8 Å². The summed E-state index contributed by atoms with van der Waals surface area (Å²) >= 11 is 0. The van der Waals surface area contributed by atoms with E-state index >= 15 is 0 Å². The van der Waals surface area contributed by atoms with Crippen molar-refractivity contribution < 1.29 is 9.53 Å². The van der Waals surface area contributed by atoms with Gasteiger partial charge in [0.05, 0.1) is 0 Å². The van der Waals surface area contributed by atoms with Gasteiger partial charge >= 0.3 is 0 Å². The molecule has 0 aromatic rings. The zero-order chi connectivity index (χ0) is 18.2. The lowest BCUT2D eigenvalue weighted by Crippen LogP contribution is -2.55. The highest BCUT2D eigenvalue weighted by atomic mass is 127. The summed E-state index contributed by atoms with van der Waals surface area (Å²) in [6.07, 6.45) is 11.3. The molecular formula is C20H37IN4O2. The quantitative estimate of drug-likeness (QED) is 0.374. The zero-order valence-corrected chi connectivity index (χ0v) is 19.2. The van der Waals surface area contributed by atoms with E-state index in [1.165, 1.54) is 44.9 Å². The second-order valence-corrected chi connectivity index (χ2v) is 7.95. The van der Waals surface area contributed by atoms with Gasteiger partial charge in [-0.1, -0.05) is 32.1 Å². The molecule has 3 aliphatic rings. The summed E-state index contributed by atoms with van der Waals surface area (Å²) in [5.41, 5.74) is 0. The Morgan fingerprint density at radius 3 is 2.19 bits per heavy atom. The molecule has 1 saturated carbocycles. The van der Waals surface area contributed by atoms with E-state index in [4.69, 9.17) is 4.74 Å². The number of nitrogens with zero attached hydrogens (tertiary/aromatic N) is 3. The smallest absolute Gasteiger partial charge is 0.251 e. The van der Waals surface area contributed by atoms with Crippen molar-refractivity contribution in [2.45, 2.75) is 63.9 Å². The van der Waals surface area contributed by atoms with Gasteiger partial charge in [0.15, 0.2) is 5.96 Å². The number of carbonyl (C=O) groups is 1. The molecule has 6 nitrogen and oxygen atoms in total.